The summed E-state index contributed by atoms with van der Waals surface area (Å²) in [4.78, 5) is 8.97. The Labute approximate surface area is 201 Å². The van der Waals surface area contributed by atoms with Crippen LogP contribution in [0.5, 0.6) is 5.75 Å². The van der Waals surface area contributed by atoms with E-state index in [1.807, 2.05) is 18.5 Å². The van der Waals surface area contributed by atoms with Crippen molar-refractivity contribution in [3.63, 3.8) is 0 Å². The van der Waals surface area contributed by atoms with Gasteiger partial charge in [0.1, 0.15) is 0 Å². The van der Waals surface area contributed by atoms with Gasteiger partial charge in [-0.15, -0.1) is 0 Å². The summed E-state index contributed by atoms with van der Waals surface area (Å²) in [6.07, 6.45) is 18.4. The van der Waals surface area contributed by atoms with Crippen molar-refractivity contribution in [2.24, 2.45) is 11.8 Å². The highest BCUT2D eigenvalue weighted by Crippen LogP contribution is 2.24. The molecule has 1 aromatic carbocycles. The maximum absolute atomic E-state index is 14.5. The van der Waals surface area contributed by atoms with Gasteiger partial charge in [-0.25, -0.2) is 14.4 Å². The van der Waals surface area contributed by atoms with Crippen molar-refractivity contribution in [2.45, 2.75) is 105 Å². The summed E-state index contributed by atoms with van der Waals surface area (Å²) in [6, 6.07) is 5.02. The van der Waals surface area contributed by atoms with Crippen molar-refractivity contribution in [3.8, 4) is 17.1 Å². The molecule has 0 bridgehead atoms. The first-order chi connectivity index (χ1) is 16.0. The van der Waals surface area contributed by atoms with Crippen LogP contribution in [0.2, 0.25) is 0 Å². The average Bonchev–Trinajstić information content (AvgIpc) is 2.79. The lowest BCUT2D eigenvalue weighted by molar-refractivity contribution is 0.290. The minimum Gasteiger partial charge on any atom is -0.491 e. The first kappa shape index (κ1) is 27.3. The molecule has 0 amide bonds. The van der Waals surface area contributed by atoms with Gasteiger partial charge >= 0.3 is 0 Å². The molecule has 1 heterocycles. The molecule has 1 atom stereocenters. The second-order valence-electron chi connectivity index (χ2n) is 10.0. The molecular formula is C29H45FN2O. The topological polar surface area (TPSA) is 35.0 Å². The Bertz CT molecular complexity index is 776. The van der Waals surface area contributed by atoms with Crippen LogP contribution in [0.3, 0.4) is 0 Å². The predicted molar refractivity (Wildman–Crippen MR) is 137 cm³/mol. The number of halogens is 1. The average molecular weight is 457 g/mol. The minimum atomic E-state index is -0.349. The highest BCUT2D eigenvalue weighted by atomic mass is 19.1. The van der Waals surface area contributed by atoms with Crippen molar-refractivity contribution in [2.75, 3.05) is 6.61 Å². The lowest BCUT2D eigenvalue weighted by atomic mass is 9.95. The van der Waals surface area contributed by atoms with Gasteiger partial charge in [0, 0.05) is 18.0 Å². The van der Waals surface area contributed by atoms with Crippen LogP contribution in [-0.4, -0.2) is 16.6 Å². The Kier molecular flexibility index (Phi) is 13.1. The Morgan fingerprint density at radius 2 is 1.52 bits per heavy atom. The fourth-order valence-corrected chi connectivity index (χ4v) is 4.16. The van der Waals surface area contributed by atoms with E-state index < -0.39 is 0 Å². The standard InChI is InChI=1S/C29H45FN2O/c1-5-6-7-8-9-10-11-12-18-33-28-17-16-26(20-27(28)30)29-31-21-25(22-32-29)19-24(4)15-13-14-23(2)3/h16-17,20-24H,5-15,18-19H2,1-4H3. The van der Waals surface area contributed by atoms with Crippen LogP contribution in [0.25, 0.3) is 11.4 Å². The van der Waals surface area contributed by atoms with Crippen molar-refractivity contribution < 1.29 is 9.13 Å². The molecule has 3 nitrogen and oxygen atoms in total. The van der Waals surface area contributed by atoms with Crippen molar-refractivity contribution in [3.05, 3.63) is 42.0 Å². The van der Waals surface area contributed by atoms with Crippen LogP contribution in [0.1, 0.15) is 104 Å². The molecule has 0 aliphatic carbocycles. The molecule has 1 aromatic heterocycles. The summed E-state index contributed by atoms with van der Waals surface area (Å²) in [7, 11) is 0. The SMILES string of the molecule is CCCCCCCCCCOc1ccc(-c2ncc(CC(C)CCCC(C)C)cn2)cc1F. The quantitative estimate of drug-likeness (QED) is 0.223. The van der Waals surface area contributed by atoms with Gasteiger partial charge in [-0.3, -0.25) is 0 Å². The van der Waals surface area contributed by atoms with E-state index in [-0.39, 0.29) is 5.82 Å². The van der Waals surface area contributed by atoms with Crippen molar-refractivity contribution in [1.29, 1.82) is 0 Å². The highest BCUT2D eigenvalue weighted by Gasteiger charge is 2.10. The third-order valence-electron chi connectivity index (χ3n) is 6.21. The first-order valence-electron chi connectivity index (χ1n) is 13.2. The van der Waals surface area contributed by atoms with Gasteiger partial charge in [0.25, 0.3) is 0 Å². The second-order valence-corrected chi connectivity index (χ2v) is 10.0. The van der Waals surface area contributed by atoms with E-state index in [1.54, 1.807) is 6.07 Å². The van der Waals surface area contributed by atoms with Gasteiger partial charge in [-0.05, 0) is 48.4 Å². The molecule has 2 rings (SSSR count). The van der Waals surface area contributed by atoms with Crippen LogP contribution >= 0.6 is 0 Å². The molecule has 1 unspecified atom stereocenters. The van der Waals surface area contributed by atoms with Gasteiger partial charge in [-0.1, -0.05) is 91.9 Å². The van der Waals surface area contributed by atoms with Crippen molar-refractivity contribution in [1.82, 2.24) is 9.97 Å². The smallest absolute Gasteiger partial charge is 0.165 e. The molecule has 0 saturated carbocycles. The fourth-order valence-electron chi connectivity index (χ4n) is 4.16. The molecule has 2 aromatic rings. The monoisotopic (exact) mass is 456 g/mol. The van der Waals surface area contributed by atoms with Crippen LogP contribution in [0.15, 0.2) is 30.6 Å². The van der Waals surface area contributed by atoms with Gasteiger partial charge in [0.15, 0.2) is 17.4 Å². The Morgan fingerprint density at radius 3 is 2.15 bits per heavy atom. The zero-order chi connectivity index (χ0) is 23.9. The zero-order valence-corrected chi connectivity index (χ0v) is 21.4. The van der Waals surface area contributed by atoms with E-state index in [4.69, 9.17) is 4.74 Å². The summed E-state index contributed by atoms with van der Waals surface area (Å²) < 4.78 is 20.2. The summed E-state index contributed by atoms with van der Waals surface area (Å²) in [5.74, 6) is 1.90. The molecule has 0 radical (unpaired) electrons. The highest BCUT2D eigenvalue weighted by molar-refractivity contribution is 5.56. The van der Waals surface area contributed by atoms with Gasteiger partial charge in [0.05, 0.1) is 6.61 Å². The fraction of sp³-hybridized carbons (Fsp3) is 0.655. The number of unbranched alkanes of at least 4 members (excludes halogenated alkanes) is 7. The lowest BCUT2D eigenvalue weighted by Gasteiger charge is -2.12. The largest absolute Gasteiger partial charge is 0.491 e. The molecular weight excluding hydrogens is 411 g/mol. The number of rotatable bonds is 17. The Balaban J connectivity index is 1.75. The first-order valence-corrected chi connectivity index (χ1v) is 13.2. The lowest BCUT2D eigenvalue weighted by Crippen LogP contribution is -2.03. The molecule has 0 aliphatic rings. The molecule has 0 saturated heterocycles. The number of benzene rings is 1. The van der Waals surface area contributed by atoms with E-state index in [9.17, 15) is 4.39 Å². The third kappa shape index (κ3) is 11.1. The summed E-state index contributed by atoms with van der Waals surface area (Å²) in [5, 5.41) is 0. The molecule has 0 aliphatic heterocycles. The number of aromatic nitrogens is 2. The number of hydrogen-bond acceptors (Lipinski definition) is 3. The van der Waals surface area contributed by atoms with Crippen LogP contribution in [0.4, 0.5) is 4.39 Å². The summed E-state index contributed by atoms with van der Waals surface area (Å²) in [6.45, 7) is 9.64. The van der Waals surface area contributed by atoms with Gasteiger partial charge in [-0.2, -0.15) is 0 Å². The van der Waals surface area contributed by atoms with Gasteiger partial charge < -0.3 is 4.74 Å². The maximum Gasteiger partial charge on any atom is 0.165 e. The van der Waals surface area contributed by atoms with E-state index >= 15 is 0 Å². The van der Waals surface area contributed by atoms with Crippen LogP contribution in [0, 0.1) is 17.7 Å². The number of hydrogen-bond donors (Lipinski definition) is 0. The molecule has 0 spiro atoms. The Hall–Kier alpha value is -1.97. The third-order valence-corrected chi connectivity index (χ3v) is 6.21. The van der Waals surface area contributed by atoms with E-state index in [0.717, 1.165) is 30.7 Å². The maximum atomic E-state index is 14.5. The normalized spacial score (nSPS) is 12.3. The molecule has 0 N–H and O–H groups in total. The van der Waals surface area contributed by atoms with Crippen LogP contribution < -0.4 is 4.74 Å². The molecule has 184 valence electrons. The summed E-state index contributed by atoms with van der Waals surface area (Å²) in [5.41, 5.74) is 1.82. The molecule has 0 fully saturated rings. The number of nitrogens with zero attached hydrogens (tertiary/aromatic N) is 2. The minimum absolute atomic E-state index is 0.313. The zero-order valence-electron chi connectivity index (χ0n) is 21.4. The second kappa shape index (κ2) is 15.8. The van der Waals surface area contributed by atoms with E-state index in [1.165, 1.54) is 63.9 Å². The number of ether oxygens (including phenoxy) is 1. The summed E-state index contributed by atoms with van der Waals surface area (Å²) >= 11 is 0. The van der Waals surface area contributed by atoms with E-state index in [0.29, 0.717) is 29.7 Å². The molecule has 4 heteroatoms. The van der Waals surface area contributed by atoms with Gasteiger partial charge in [0.2, 0.25) is 0 Å². The Morgan fingerprint density at radius 1 is 0.848 bits per heavy atom. The van der Waals surface area contributed by atoms with Crippen molar-refractivity contribution >= 4 is 0 Å². The molecule has 33 heavy (non-hydrogen) atoms. The predicted octanol–water partition coefficient (Wildman–Crippen LogP) is 8.81. The van der Waals surface area contributed by atoms with Crippen LogP contribution in [-0.2, 0) is 6.42 Å². The van der Waals surface area contributed by atoms with E-state index in [2.05, 4.69) is 37.7 Å².